The summed E-state index contributed by atoms with van der Waals surface area (Å²) >= 11 is 0. The molecule has 0 unspecified atom stereocenters. The number of halogens is 1. The van der Waals surface area contributed by atoms with E-state index in [0.717, 1.165) is 6.21 Å². The highest BCUT2D eigenvalue weighted by atomic mass is 19.1. The Hall–Kier alpha value is -1.91. The first-order valence-corrected chi connectivity index (χ1v) is 3.53. The van der Waals surface area contributed by atoms with Crippen molar-refractivity contribution in [2.24, 2.45) is 10.3 Å². The first-order valence-electron chi connectivity index (χ1n) is 3.53. The molecule has 0 saturated carbocycles. The van der Waals surface area contributed by atoms with E-state index in [1.54, 1.807) is 12.1 Å². The second-order valence-electron chi connectivity index (χ2n) is 2.16. The van der Waals surface area contributed by atoms with Crippen molar-refractivity contribution in [3.63, 3.8) is 0 Å². The van der Waals surface area contributed by atoms with Crippen molar-refractivity contribution < 1.29 is 9.60 Å². The van der Waals surface area contributed by atoms with Crippen molar-refractivity contribution in [1.29, 1.82) is 0 Å². The van der Waals surface area contributed by atoms with Crippen LogP contribution < -0.4 is 5.43 Å². The quantitative estimate of drug-likeness (QED) is 0.423. The zero-order valence-electron chi connectivity index (χ0n) is 6.68. The molecule has 4 nitrogen and oxygen atoms in total. The molecule has 0 aliphatic carbocycles. The number of benzene rings is 1. The van der Waals surface area contributed by atoms with Gasteiger partial charge in [-0.1, -0.05) is 11.2 Å². The van der Waals surface area contributed by atoms with Crippen LogP contribution in [-0.2, 0) is 0 Å². The topological polar surface area (TPSA) is 57.0 Å². The summed E-state index contributed by atoms with van der Waals surface area (Å²) in [7, 11) is 0. The van der Waals surface area contributed by atoms with Crippen molar-refractivity contribution in [2.75, 3.05) is 5.43 Å². The molecule has 0 amide bonds. The number of oxime groups is 1. The molecule has 0 aromatic heterocycles. The lowest BCUT2D eigenvalue weighted by atomic mass is 10.3. The minimum atomic E-state index is -0.337. The summed E-state index contributed by atoms with van der Waals surface area (Å²) in [5.74, 6) is -0.337. The molecule has 5 heteroatoms. The lowest BCUT2D eigenvalue weighted by molar-refractivity contribution is 0.322. The van der Waals surface area contributed by atoms with Crippen molar-refractivity contribution in [1.82, 2.24) is 0 Å². The highest BCUT2D eigenvalue weighted by Crippen LogP contribution is 2.08. The Balaban J connectivity index is 2.54. The van der Waals surface area contributed by atoms with Gasteiger partial charge in [0.15, 0.2) is 0 Å². The lowest BCUT2D eigenvalue weighted by Crippen LogP contribution is -1.90. The molecule has 0 saturated heterocycles. The summed E-state index contributed by atoms with van der Waals surface area (Å²) in [6.45, 7) is 0. The number of nitrogens with zero attached hydrogens (tertiary/aromatic N) is 2. The van der Waals surface area contributed by atoms with Crippen LogP contribution in [0, 0.1) is 5.82 Å². The maximum absolute atomic E-state index is 12.6. The Kier molecular flexibility index (Phi) is 3.44. The van der Waals surface area contributed by atoms with Gasteiger partial charge < -0.3 is 5.21 Å². The van der Waals surface area contributed by atoms with E-state index in [-0.39, 0.29) is 5.82 Å². The SMILES string of the molecule is O/N=C/C=N/Nc1cccc(F)c1. The van der Waals surface area contributed by atoms with Crippen LogP contribution in [0.1, 0.15) is 0 Å². The van der Waals surface area contributed by atoms with Crippen LogP contribution in [0.15, 0.2) is 34.5 Å². The molecule has 0 aliphatic heterocycles. The summed E-state index contributed by atoms with van der Waals surface area (Å²) in [5, 5.41) is 14.3. The molecule has 13 heavy (non-hydrogen) atoms. The molecular formula is C8H8FN3O. The highest BCUT2D eigenvalue weighted by Gasteiger charge is 1.90. The molecule has 1 aromatic rings. The van der Waals surface area contributed by atoms with Crippen molar-refractivity contribution in [2.45, 2.75) is 0 Å². The van der Waals surface area contributed by atoms with Gasteiger partial charge in [-0.3, -0.25) is 5.43 Å². The summed E-state index contributed by atoms with van der Waals surface area (Å²) in [6.07, 6.45) is 2.33. The molecule has 2 N–H and O–H groups in total. The third-order valence-electron chi connectivity index (χ3n) is 1.23. The van der Waals surface area contributed by atoms with E-state index in [4.69, 9.17) is 5.21 Å². The summed E-state index contributed by atoms with van der Waals surface area (Å²) < 4.78 is 12.6. The van der Waals surface area contributed by atoms with E-state index in [0.29, 0.717) is 5.69 Å². The van der Waals surface area contributed by atoms with Crippen molar-refractivity contribution in [3.8, 4) is 0 Å². The van der Waals surface area contributed by atoms with Crippen LogP contribution >= 0.6 is 0 Å². The van der Waals surface area contributed by atoms with E-state index in [1.165, 1.54) is 18.3 Å². The van der Waals surface area contributed by atoms with Gasteiger partial charge in [0.05, 0.1) is 18.1 Å². The molecule has 0 heterocycles. The Bertz CT molecular complexity index is 325. The molecule has 0 fully saturated rings. The molecule has 0 spiro atoms. The molecule has 0 aliphatic rings. The first kappa shape index (κ1) is 9.18. The average Bonchev–Trinajstić information content (AvgIpc) is 2.13. The summed E-state index contributed by atoms with van der Waals surface area (Å²) in [6, 6.07) is 5.86. The molecular weight excluding hydrogens is 173 g/mol. The normalized spacial score (nSPS) is 11.2. The number of rotatable bonds is 3. The Labute approximate surface area is 74.4 Å². The van der Waals surface area contributed by atoms with E-state index >= 15 is 0 Å². The van der Waals surface area contributed by atoms with Crippen LogP contribution in [0.2, 0.25) is 0 Å². The standard InChI is InChI=1S/C8H8FN3O/c9-7-2-1-3-8(6-7)12-10-4-5-11-13/h1-6,12-13H/b10-4+,11-5+. The Morgan fingerprint density at radius 1 is 1.38 bits per heavy atom. The van der Waals surface area contributed by atoms with Gasteiger partial charge in [-0.2, -0.15) is 5.10 Å². The maximum Gasteiger partial charge on any atom is 0.125 e. The van der Waals surface area contributed by atoms with Crippen molar-refractivity contribution in [3.05, 3.63) is 30.1 Å². The fourth-order valence-electron chi connectivity index (χ4n) is 0.733. The maximum atomic E-state index is 12.6. The monoisotopic (exact) mass is 181 g/mol. The minimum absolute atomic E-state index is 0.337. The fraction of sp³-hybridized carbons (Fsp3) is 0. The summed E-state index contributed by atoms with van der Waals surface area (Å²) in [5.41, 5.74) is 3.08. The van der Waals surface area contributed by atoms with Gasteiger partial charge in [-0.15, -0.1) is 0 Å². The zero-order chi connectivity index (χ0) is 9.52. The second-order valence-corrected chi connectivity index (χ2v) is 2.16. The smallest absolute Gasteiger partial charge is 0.125 e. The van der Waals surface area contributed by atoms with Gasteiger partial charge >= 0.3 is 0 Å². The zero-order valence-corrected chi connectivity index (χ0v) is 6.68. The number of anilines is 1. The number of nitrogens with one attached hydrogen (secondary N) is 1. The minimum Gasteiger partial charge on any atom is -0.411 e. The summed E-state index contributed by atoms with van der Waals surface area (Å²) in [4.78, 5) is 0. The largest absolute Gasteiger partial charge is 0.411 e. The molecule has 1 aromatic carbocycles. The van der Waals surface area contributed by atoms with Gasteiger partial charge in [-0.05, 0) is 18.2 Å². The van der Waals surface area contributed by atoms with E-state index in [9.17, 15) is 4.39 Å². The number of hydrogen-bond donors (Lipinski definition) is 2. The molecule has 0 atom stereocenters. The predicted molar refractivity (Wildman–Crippen MR) is 48.8 cm³/mol. The highest BCUT2D eigenvalue weighted by molar-refractivity contribution is 6.15. The molecule has 1 rings (SSSR count). The molecule has 68 valence electrons. The van der Waals surface area contributed by atoms with Gasteiger partial charge in [-0.25, -0.2) is 4.39 Å². The van der Waals surface area contributed by atoms with Gasteiger partial charge in [0, 0.05) is 0 Å². The van der Waals surface area contributed by atoms with E-state index in [1.807, 2.05) is 0 Å². The van der Waals surface area contributed by atoms with E-state index < -0.39 is 0 Å². The first-order chi connectivity index (χ1) is 6.33. The second kappa shape index (κ2) is 4.87. The van der Waals surface area contributed by atoms with Crippen LogP contribution in [0.5, 0.6) is 0 Å². The van der Waals surface area contributed by atoms with Gasteiger partial charge in [0.1, 0.15) is 5.82 Å². The Morgan fingerprint density at radius 3 is 2.92 bits per heavy atom. The van der Waals surface area contributed by atoms with Crippen LogP contribution in [0.25, 0.3) is 0 Å². The average molecular weight is 181 g/mol. The van der Waals surface area contributed by atoms with E-state index in [2.05, 4.69) is 15.7 Å². The fourth-order valence-corrected chi connectivity index (χ4v) is 0.733. The van der Waals surface area contributed by atoms with Crippen molar-refractivity contribution >= 4 is 18.1 Å². The van der Waals surface area contributed by atoms with Crippen LogP contribution in [-0.4, -0.2) is 17.6 Å². The van der Waals surface area contributed by atoms with Gasteiger partial charge in [0.2, 0.25) is 0 Å². The van der Waals surface area contributed by atoms with Crippen LogP contribution in [0.4, 0.5) is 10.1 Å². The van der Waals surface area contributed by atoms with Gasteiger partial charge in [0.25, 0.3) is 0 Å². The molecule has 0 bridgehead atoms. The predicted octanol–water partition coefficient (Wildman–Crippen LogP) is 1.68. The third kappa shape index (κ3) is 3.33. The van der Waals surface area contributed by atoms with Crippen LogP contribution in [0.3, 0.4) is 0 Å². The number of hydrogen-bond acceptors (Lipinski definition) is 4. The number of hydrazone groups is 1. The Morgan fingerprint density at radius 2 is 2.23 bits per heavy atom. The molecule has 0 radical (unpaired) electrons. The lowest BCUT2D eigenvalue weighted by Gasteiger charge is -1.97. The third-order valence-corrected chi connectivity index (χ3v) is 1.23.